The molecule has 0 aromatic carbocycles. The maximum atomic E-state index is 5.46. The normalized spacial score (nSPS) is 10.9. The molecule has 2 N–H and O–H groups in total. The third-order valence-corrected chi connectivity index (χ3v) is 2.07. The highest BCUT2D eigenvalue weighted by molar-refractivity contribution is 5.49. The lowest BCUT2D eigenvalue weighted by Gasteiger charge is -1.92. The van der Waals surface area contributed by atoms with Crippen molar-refractivity contribution in [2.24, 2.45) is 5.73 Å². The molecule has 0 aliphatic heterocycles. The maximum Gasteiger partial charge on any atom is 0.0667 e. The van der Waals surface area contributed by atoms with Crippen molar-refractivity contribution in [2.45, 2.75) is 13.3 Å². The van der Waals surface area contributed by atoms with Gasteiger partial charge in [0.1, 0.15) is 0 Å². The van der Waals surface area contributed by atoms with Crippen molar-refractivity contribution in [2.75, 3.05) is 6.54 Å². The number of nitrogens with zero attached hydrogens (tertiary/aromatic N) is 2. The van der Waals surface area contributed by atoms with E-state index in [0.717, 1.165) is 17.6 Å². The average Bonchev–Trinajstić information content (AvgIpc) is 2.46. The van der Waals surface area contributed by atoms with Gasteiger partial charge in [-0.3, -0.25) is 0 Å². The predicted octanol–water partition coefficient (Wildman–Crippen LogP) is 1.14. The van der Waals surface area contributed by atoms with E-state index in [0.29, 0.717) is 6.54 Å². The number of aromatic nitrogens is 2. The topological polar surface area (TPSA) is 43.3 Å². The van der Waals surface area contributed by atoms with E-state index in [-0.39, 0.29) is 0 Å². The first kappa shape index (κ1) is 8.26. The van der Waals surface area contributed by atoms with Gasteiger partial charge in [-0.2, -0.15) is 5.10 Å². The average molecular weight is 175 g/mol. The molecule has 0 aliphatic carbocycles. The zero-order valence-electron chi connectivity index (χ0n) is 7.70. The highest BCUT2D eigenvalue weighted by Gasteiger charge is 1.99. The van der Waals surface area contributed by atoms with Gasteiger partial charge in [-0.25, -0.2) is 4.52 Å². The Hall–Kier alpha value is -1.35. The summed E-state index contributed by atoms with van der Waals surface area (Å²) in [5, 5.41) is 4.38. The number of nitrogens with two attached hydrogens (primary N) is 1. The van der Waals surface area contributed by atoms with E-state index < -0.39 is 0 Å². The Bertz CT molecular complexity index is 417. The van der Waals surface area contributed by atoms with Crippen LogP contribution in [0.15, 0.2) is 24.4 Å². The lowest BCUT2D eigenvalue weighted by Crippen LogP contribution is -2.03. The smallest absolute Gasteiger partial charge is 0.0667 e. The maximum absolute atomic E-state index is 5.46. The zero-order valence-corrected chi connectivity index (χ0v) is 7.70. The third-order valence-electron chi connectivity index (χ3n) is 2.07. The Kier molecular flexibility index (Phi) is 2.02. The van der Waals surface area contributed by atoms with Crippen molar-refractivity contribution in [3.8, 4) is 0 Å². The molecule has 0 saturated heterocycles. The van der Waals surface area contributed by atoms with Crippen LogP contribution < -0.4 is 5.73 Å². The van der Waals surface area contributed by atoms with Gasteiger partial charge in [-0.1, -0.05) is 0 Å². The van der Waals surface area contributed by atoms with E-state index in [1.807, 2.05) is 16.8 Å². The van der Waals surface area contributed by atoms with Crippen LogP contribution in [0, 0.1) is 6.92 Å². The molecule has 68 valence electrons. The monoisotopic (exact) mass is 175 g/mol. The minimum atomic E-state index is 0.656. The predicted molar refractivity (Wildman–Crippen MR) is 52.7 cm³/mol. The second-order valence-corrected chi connectivity index (χ2v) is 3.25. The van der Waals surface area contributed by atoms with Gasteiger partial charge in [0, 0.05) is 12.6 Å². The Morgan fingerprint density at radius 2 is 2.31 bits per heavy atom. The van der Waals surface area contributed by atoms with Gasteiger partial charge in [0.25, 0.3) is 0 Å². The molecule has 2 rings (SSSR count). The van der Waals surface area contributed by atoms with Crippen LogP contribution in [-0.2, 0) is 6.42 Å². The van der Waals surface area contributed by atoms with Gasteiger partial charge < -0.3 is 5.73 Å². The molecule has 0 unspecified atom stereocenters. The first-order valence-electron chi connectivity index (χ1n) is 4.44. The standard InChI is InChI=1S/C10H13N3/c1-8-3-5-13-10(6-8)7-9(12-13)2-4-11/h3,5-7H,2,4,11H2,1H3. The molecule has 0 saturated carbocycles. The van der Waals surface area contributed by atoms with Gasteiger partial charge in [0.2, 0.25) is 0 Å². The molecule has 0 spiro atoms. The lowest BCUT2D eigenvalue weighted by atomic mass is 10.2. The van der Waals surface area contributed by atoms with Crippen LogP contribution in [-0.4, -0.2) is 16.2 Å². The Morgan fingerprint density at radius 3 is 3.08 bits per heavy atom. The van der Waals surface area contributed by atoms with Crippen molar-refractivity contribution in [1.29, 1.82) is 0 Å². The molecule has 0 bridgehead atoms. The highest BCUT2D eigenvalue weighted by Crippen LogP contribution is 2.08. The van der Waals surface area contributed by atoms with Crippen LogP contribution >= 0.6 is 0 Å². The molecular weight excluding hydrogens is 162 g/mol. The van der Waals surface area contributed by atoms with Crippen molar-refractivity contribution in [1.82, 2.24) is 9.61 Å². The van der Waals surface area contributed by atoms with E-state index in [4.69, 9.17) is 5.73 Å². The minimum absolute atomic E-state index is 0.656. The fourth-order valence-electron chi connectivity index (χ4n) is 1.43. The number of fused-ring (bicyclic) bond motifs is 1. The largest absolute Gasteiger partial charge is 0.330 e. The number of rotatable bonds is 2. The van der Waals surface area contributed by atoms with Crippen LogP contribution in [0.5, 0.6) is 0 Å². The molecule has 3 heteroatoms. The van der Waals surface area contributed by atoms with Gasteiger partial charge in [-0.15, -0.1) is 0 Å². The Labute approximate surface area is 77.2 Å². The molecular formula is C10H13N3. The van der Waals surface area contributed by atoms with Crippen LogP contribution in [0.1, 0.15) is 11.3 Å². The van der Waals surface area contributed by atoms with Crippen LogP contribution in [0.4, 0.5) is 0 Å². The quantitative estimate of drug-likeness (QED) is 0.744. The SMILES string of the molecule is Cc1ccn2nc(CCN)cc2c1. The van der Waals surface area contributed by atoms with E-state index in [1.54, 1.807) is 0 Å². The molecule has 3 nitrogen and oxygen atoms in total. The van der Waals surface area contributed by atoms with Gasteiger partial charge in [-0.05, 0) is 37.2 Å². The van der Waals surface area contributed by atoms with Crippen molar-refractivity contribution < 1.29 is 0 Å². The second kappa shape index (κ2) is 3.18. The van der Waals surface area contributed by atoms with E-state index >= 15 is 0 Å². The zero-order chi connectivity index (χ0) is 9.26. The fraction of sp³-hybridized carbons (Fsp3) is 0.300. The summed E-state index contributed by atoms with van der Waals surface area (Å²) in [6, 6.07) is 6.25. The molecule has 0 amide bonds. The summed E-state index contributed by atoms with van der Waals surface area (Å²) in [5.74, 6) is 0. The molecule has 0 radical (unpaired) electrons. The van der Waals surface area contributed by atoms with Gasteiger partial charge in [0.05, 0.1) is 11.2 Å². The summed E-state index contributed by atoms with van der Waals surface area (Å²) >= 11 is 0. The first-order chi connectivity index (χ1) is 6.29. The molecule has 0 atom stereocenters. The third kappa shape index (κ3) is 1.55. The molecule has 0 aliphatic rings. The summed E-state index contributed by atoms with van der Waals surface area (Å²) in [4.78, 5) is 0. The second-order valence-electron chi connectivity index (χ2n) is 3.25. The van der Waals surface area contributed by atoms with Gasteiger partial charge in [0.15, 0.2) is 0 Å². The van der Waals surface area contributed by atoms with Crippen LogP contribution in [0.2, 0.25) is 0 Å². The molecule has 2 heterocycles. The lowest BCUT2D eigenvalue weighted by molar-refractivity contribution is 0.860. The first-order valence-corrected chi connectivity index (χ1v) is 4.44. The number of hydrogen-bond donors (Lipinski definition) is 1. The van der Waals surface area contributed by atoms with Crippen molar-refractivity contribution in [3.63, 3.8) is 0 Å². The fourth-order valence-corrected chi connectivity index (χ4v) is 1.43. The summed E-state index contributed by atoms with van der Waals surface area (Å²) in [6.45, 7) is 2.73. The van der Waals surface area contributed by atoms with E-state index in [9.17, 15) is 0 Å². The van der Waals surface area contributed by atoms with Crippen molar-refractivity contribution >= 4 is 5.52 Å². The minimum Gasteiger partial charge on any atom is -0.330 e. The molecule has 2 aromatic heterocycles. The number of hydrogen-bond acceptors (Lipinski definition) is 2. The molecule has 2 aromatic rings. The molecule has 0 fully saturated rings. The highest BCUT2D eigenvalue weighted by atomic mass is 15.2. The summed E-state index contributed by atoms with van der Waals surface area (Å²) in [7, 11) is 0. The van der Waals surface area contributed by atoms with Crippen LogP contribution in [0.3, 0.4) is 0 Å². The van der Waals surface area contributed by atoms with Crippen molar-refractivity contribution in [3.05, 3.63) is 35.7 Å². The number of pyridine rings is 1. The van der Waals surface area contributed by atoms with Gasteiger partial charge >= 0.3 is 0 Å². The summed E-state index contributed by atoms with van der Waals surface area (Å²) < 4.78 is 1.89. The van der Waals surface area contributed by atoms with E-state index in [2.05, 4.69) is 24.2 Å². The Balaban J connectivity index is 2.49. The number of aryl methyl sites for hydroxylation is 1. The summed E-state index contributed by atoms with van der Waals surface area (Å²) in [5.41, 5.74) is 8.92. The van der Waals surface area contributed by atoms with Crippen LogP contribution in [0.25, 0.3) is 5.52 Å². The molecule has 13 heavy (non-hydrogen) atoms. The Morgan fingerprint density at radius 1 is 1.46 bits per heavy atom. The summed E-state index contributed by atoms with van der Waals surface area (Å²) in [6.07, 6.45) is 2.82. The van der Waals surface area contributed by atoms with E-state index in [1.165, 1.54) is 5.56 Å².